The number of pyridine rings is 1. The quantitative estimate of drug-likeness (QED) is 0.522. The number of rotatable bonds is 8. The highest BCUT2D eigenvalue weighted by atomic mass is 19.1. The number of carbonyl (C=O) groups is 1. The fourth-order valence-electron chi connectivity index (χ4n) is 3.95. The number of aliphatic hydroxyl groups is 1. The number of fused-ring (bicyclic) bond motifs is 1. The smallest absolute Gasteiger partial charge is 0.200 e. The normalized spacial score (nSPS) is 12.4. The van der Waals surface area contributed by atoms with Gasteiger partial charge in [0.1, 0.15) is 17.4 Å². The number of hydrogen-bond acceptors (Lipinski definition) is 4. The van der Waals surface area contributed by atoms with Gasteiger partial charge in [-0.15, -0.1) is 0 Å². The van der Waals surface area contributed by atoms with Gasteiger partial charge in [-0.3, -0.25) is 9.59 Å². The van der Waals surface area contributed by atoms with Crippen LogP contribution in [0.1, 0.15) is 48.3 Å². The minimum Gasteiger partial charge on any atom is -0.496 e. The Kier molecular flexibility index (Phi) is 7.09. The number of aryl methyl sites for hydroxylation is 2. The first-order chi connectivity index (χ1) is 15.2. The number of aliphatic hydroxyl groups excluding tert-OH is 1. The molecular weight excluding hydrogens is 416 g/mol. The van der Waals surface area contributed by atoms with E-state index in [1.165, 1.54) is 32.4 Å². The molecule has 0 fully saturated rings. The van der Waals surface area contributed by atoms with E-state index in [9.17, 15) is 23.5 Å². The highest BCUT2D eigenvalue weighted by Gasteiger charge is 2.21. The lowest BCUT2D eigenvalue weighted by Crippen LogP contribution is -2.25. The van der Waals surface area contributed by atoms with Crippen molar-refractivity contribution < 1.29 is 23.4 Å². The Balaban J connectivity index is 2.18. The Morgan fingerprint density at radius 3 is 2.38 bits per heavy atom. The Morgan fingerprint density at radius 1 is 1.12 bits per heavy atom. The van der Waals surface area contributed by atoms with Crippen LogP contribution in [0.3, 0.4) is 0 Å². The van der Waals surface area contributed by atoms with Crippen molar-refractivity contribution in [2.24, 2.45) is 5.92 Å². The van der Waals surface area contributed by atoms with Crippen molar-refractivity contribution in [1.82, 2.24) is 4.57 Å². The van der Waals surface area contributed by atoms with Gasteiger partial charge in [0.2, 0.25) is 0 Å². The van der Waals surface area contributed by atoms with Crippen LogP contribution >= 0.6 is 0 Å². The van der Waals surface area contributed by atoms with Gasteiger partial charge in [-0.25, -0.2) is 8.78 Å². The molecule has 0 spiro atoms. The molecule has 0 bridgehead atoms. The van der Waals surface area contributed by atoms with Gasteiger partial charge in [0.05, 0.1) is 30.8 Å². The standard InChI is InChI=1S/C25H27F2NO4/c1-14(2)23(13-29)28-12-20(15(3)30)25(31)19-9-17(24(32-4)11-22(19)28)6-5-16-7-8-18(26)10-21(16)27/h7-12,14,23,29H,5-6,13H2,1-4H3/t23-/m1/s1. The van der Waals surface area contributed by atoms with E-state index in [2.05, 4.69) is 0 Å². The molecule has 3 aromatic rings. The average Bonchev–Trinajstić information content (AvgIpc) is 2.74. The number of ether oxygens (including phenoxy) is 1. The van der Waals surface area contributed by atoms with E-state index in [1.54, 1.807) is 16.7 Å². The molecule has 1 aromatic heterocycles. The molecule has 5 nitrogen and oxygen atoms in total. The lowest BCUT2D eigenvalue weighted by molar-refractivity contribution is 0.101. The number of halogens is 2. The molecule has 1 atom stereocenters. The van der Waals surface area contributed by atoms with Gasteiger partial charge in [0.25, 0.3) is 0 Å². The molecular formula is C25H27F2NO4. The summed E-state index contributed by atoms with van der Waals surface area (Å²) in [6.07, 6.45) is 2.12. The van der Waals surface area contributed by atoms with E-state index in [-0.39, 0.29) is 36.3 Å². The number of ketones is 1. The third kappa shape index (κ3) is 4.58. The molecule has 3 rings (SSSR count). The molecule has 1 N–H and O–H groups in total. The fraction of sp³-hybridized carbons (Fsp3) is 0.360. The topological polar surface area (TPSA) is 68.5 Å². The van der Waals surface area contributed by atoms with Crippen LogP contribution in [0.25, 0.3) is 10.9 Å². The second-order valence-corrected chi connectivity index (χ2v) is 8.25. The van der Waals surface area contributed by atoms with Crippen molar-refractivity contribution in [2.75, 3.05) is 13.7 Å². The molecule has 0 radical (unpaired) electrons. The van der Waals surface area contributed by atoms with Crippen LogP contribution < -0.4 is 10.2 Å². The minimum atomic E-state index is -0.643. The molecule has 0 aliphatic carbocycles. The van der Waals surface area contributed by atoms with E-state index in [0.29, 0.717) is 34.2 Å². The first kappa shape index (κ1) is 23.6. The van der Waals surface area contributed by atoms with Crippen molar-refractivity contribution in [3.05, 3.63) is 75.1 Å². The van der Waals surface area contributed by atoms with Crippen LogP contribution in [-0.2, 0) is 12.8 Å². The molecule has 32 heavy (non-hydrogen) atoms. The summed E-state index contributed by atoms with van der Waals surface area (Å²) in [5, 5.41) is 10.3. The second kappa shape index (κ2) is 9.61. The number of nitrogens with zero attached hydrogens (tertiary/aromatic N) is 1. The van der Waals surface area contributed by atoms with Crippen LogP contribution in [0.2, 0.25) is 0 Å². The zero-order chi connectivity index (χ0) is 23.6. The van der Waals surface area contributed by atoms with Crippen LogP contribution in [0, 0.1) is 17.6 Å². The number of Topliss-reactive ketones (excluding diaryl/α,β-unsaturated/α-hetero) is 1. The summed E-state index contributed by atoms with van der Waals surface area (Å²) in [5.74, 6) is -1.09. The molecule has 0 unspecified atom stereocenters. The molecule has 7 heteroatoms. The molecule has 0 aliphatic rings. The number of carbonyl (C=O) groups excluding carboxylic acids is 1. The number of aromatic nitrogens is 1. The summed E-state index contributed by atoms with van der Waals surface area (Å²) >= 11 is 0. The average molecular weight is 443 g/mol. The lowest BCUT2D eigenvalue weighted by atomic mass is 9.98. The molecule has 1 heterocycles. The fourth-order valence-corrected chi connectivity index (χ4v) is 3.95. The zero-order valence-corrected chi connectivity index (χ0v) is 18.6. The van der Waals surface area contributed by atoms with Crippen molar-refractivity contribution in [2.45, 2.75) is 39.7 Å². The number of benzene rings is 2. The van der Waals surface area contributed by atoms with Crippen molar-refractivity contribution in [3.8, 4) is 5.75 Å². The van der Waals surface area contributed by atoms with Crippen LogP contribution in [-0.4, -0.2) is 29.2 Å². The van der Waals surface area contributed by atoms with Crippen molar-refractivity contribution >= 4 is 16.7 Å². The predicted molar refractivity (Wildman–Crippen MR) is 119 cm³/mol. The third-order valence-corrected chi connectivity index (χ3v) is 5.81. The van der Waals surface area contributed by atoms with E-state index in [0.717, 1.165) is 6.07 Å². The summed E-state index contributed by atoms with van der Waals surface area (Å²) in [6.45, 7) is 5.06. The highest BCUT2D eigenvalue weighted by Crippen LogP contribution is 2.30. The van der Waals surface area contributed by atoms with E-state index >= 15 is 0 Å². The first-order valence-corrected chi connectivity index (χ1v) is 10.5. The zero-order valence-electron chi connectivity index (χ0n) is 18.6. The first-order valence-electron chi connectivity index (χ1n) is 10.5. The Morgan fingerprint density at radius 2 is 1.81 bits per heavy atom. The summed E-state index contributed by atoms with van der Waals surface area (Å²) in [6, 6.07) is 6.46. The SMILES string of the molecule is COc1cc2c(cc1CCc1ccc(F)cc1F)c(=O)c(C(C)=O)cn2[C@H](CO)C(C)C. The van der Waals surface area contributed by atoms with E-state index in [4.69, 9.17) is 4.74 Å². The maximum absolute atomic E-state index is 14.1. The van der Waals surface area contributed by atoms with Crippen LogP contribution in [0.4, 0.5) is 8.78 Å². The van der Waals surface area contributed by atoms with Gasteiger partial charge in [-0.2, -0.15) is 0 Å². The predicted octanol–water partition coefficient (Wildman–Crippen LogP) is 4.47. The van der Waals surface area contributed by atoms with E-state index in [1.807, 2.05) is 13.8 Å². The summed E-state index contributed by atoms with van der Waals surface area (Å²) in [7, 11) is 1.50. The number of hydrogen-bond donors (Lipinski definition) is 1. The summed E-state index contributed by atoms with van der Waals surface area (Å²) in [5.41, 5.74) is 1.20. The lowest BCUT2D eigenvalue weighted by Gasteiger charge is -2.25. The van der Waals surface area contributed by atoms with Gasteiger partial charge in [0.15, 0.2) is 11.2 Å². The van der Waals surface area contributed by atoms with Crippen LogP contribution in [0.5, 0.6) is 5.75 Å². The molecule has 0 amide bonds. The Hall–Kier alpha value is -3.06. The summed E-state index contributed by atoms with van der Waals surface area (Å²) in [4.78, 5) is 25.2. The molecule has 0 aliphatic heterocycles. The van der Waals surface area contributed by atoms with Crippen molar-refractivity contribution in [1.29, 1.82) is 0 Å². The number of methoxy groups -OCH3 is 1. The Labute approximate surface area is 185 Å². The molecule has 0 saturated carbocycles. The maximum atomic E-state index is 14.1. The van der Waals surface area contributed by atoms with Gasteiger partial charge in [-0.05, 0) is 48.9 Å². The largest absolute Gasteiger partial charge is 0.496 e. The maximum Gasteiger partial charge on any atom is 0.200 e. The van der Waals surface area contributed by atoms with E-state index < -0.39 is 17.1 Å². The molecule has 0 saturated heterocycles. The third-order valence-electron chi connectivity index (χ3n) is 5.81. The Bertz CT molecular complexity index is 1220. The van der Waals surface area contributed by atoms with Gasteiger partial charge < -0.3 is 14.4 Å². The minimum absolute atomic E-state index is 0.0392. The van der Waals surface area contributed by atoms with Gasteiger partial charge in [0, 0.05) is 23.7 Å². The monoisotopic (exact) mass is 443 g/mol. The van der Waals surface area contributed by atoms with Crippen LogP contribution in [0.15, 0.2) is 41.3 Å². The molecule has 170 valence electrons. The van der Waals surface area contributed by atoms with Gasteiger partial charge in [-0.1, -0.05) is 19.9 Å². The highest BCUT2D eigenvalue weighted by molar-refractivity contribution is 5.97. The second-order valence-electron chi connectivity index (χ2n) is 8.25. The van der Waals surface area contributed by atoms with Crippen molar-refractivity contribution in [3.63, 3.8) is 0 Å². The summed E-state index contributed by atoms with van der Waals surface area (Å²) < 4.78 is 34.6. The van der Waals surface area contributed by atoms with Gasteiger partial charge >= 0.3 is 0 Å². The molecule has 2 aromatic carbocycles.